The molecular weight excluding hydrogens is 216 g/mol. The Kier molecular flexibility index (Phi) is 4.93. The van der Waals surface area contributed by atoms with Crippen molar-refractivity contribution >= 4 is 11.3 Å². The lowest BCUT2D eigenvalue weighted by molar-refractivity contribution is 0.479. The highest BCUT2D eigenvalue weighted by Crippen LogP contribution is 2.25. The van der Waals surface area contributed by atoms with Gasteiger partial charge >= 0.3 is 0 Å². The van der Waals surface area contributed by atoms with Gasteiger partial charge in [-0.05, 0) is 12.8 Å². The summed E-state index contributed by atoms with van der Waals surface area (Å²) < 4.78 is 0. The molecule has 0 aromatic carbocycles. The third-order valence-electron chi connectivity index (χ3n) is 2.75. The first-order chi connectivity index (χ1) is 7.47. The van der Waals surface area contributed by atoms with Crippen molar-refractivity contribution in [3.8, 4) is 0 Å². The van der Waals surface area contributed by atoms with E-state index in [2.05, 4.69) is 50.3 Å². The summed E-state index contributed by atoms with van der Waals surface area (Å²) in [6.07, 6.45) is 2.37. The fraction of sp³-hybridized carbons (Fsp3) is 0.769. The van der Waals surface area contributed by atoms with E-state index in [1.54, 1.807) is 11.3 Å². The summed E-state index contributed by atoms with van der Waals surface area (Å²) in [5.74, 6) is 0. The molecule has 0 aliphatic rings. The highest BCUT2D eigenvalue weighted by atomic mass is 32.1. The van der Waals surface area contributed by atoms with E-state index in [-0.39, 0.29) is 5.41 Å². The van der Waals surface area contributed by atoms with Crippen LogP contribution in [0.3, 0.4) is 0 Å². The van der Waals surface area contributed by atoms with E-state index in [1.165, 1.54) is 23.5 Å². The van der Waals surface area contributed by atoms with Crippen LogP contribution in [0.15, 0.2) is 5.38 Å². The van der Waals surface area contributed by atoms with Crippen molar-refractivity contribution < 1.29 is 0 Å². The van der Waals surface area contributed by atoms with E-state index in [0.717, 1.165) is 6.54 Å². The number of nitrogens with zero attached hydrogens (tertiary/aromatic N) is 1. The first kappa shape index (κ1) is 13.7. The van der Waals surface area contributed by atoms with Crippen molar-refractivity contribution in [1.29, 1.82) is 0 Å². The summed E-state index contributed by atoms with van der Waals surface area (Å²) in [4.78, 5) is 4.68. The lowest BCUT2D eigenvalue weighted by Crippen LogP contribution is -2.27. The molecule has 0 amide bonds. The van der Waals surface area contributed by atoms with Gasteiger partial charge in [-0.2, -0.15) is 0 Å². The van der Waals surface area contributed by atoms with Crippen molar-refractivity contribution in [2.75, 3.05) is 0 Å². The second kappa shape index (κ2) is 5.78. The lowest BCUT2D eigenvalue weighted by Gasteiger charge is -2.14. The fourth-order valence-corrected chi connectivity index (χ4v) is 2.47. The van der Waals surface area contributed by atoms with Gasteiger partial charge in [0.25, 0.3) is 0 Å². The van der Waals surface area contributed by atoms with E-state index in [4.69, 9.17) is 0 Å². The van der Waals surface area contributed by atoms with Gasteiger partial charge in [-0.15, -0.1) is 11.3 Å². The molecule has 0 radical (unpaired) electrons. The Balaban J connectivity index is 2.53. The van der Waals surface area contributed by atoms with Crippen LogP contribution >= 0.6 is 11.3 Å². The molecule has 0 saturated carbocycles. The van der Waals surface area contributed by atoms with E-state index in [1.807, 2.05) is 0 Å². The van der Waals surface area contributed by atoms with Gasteiger partial charge in [-0.25, -0.2) is 4.98 Å². The highest BCUT2D eigenvalue weighted by Gasteiger charge is 2.17. The quantitative estimate of drug-likeness (QED) is 0.848. The van der Waals surface area contributed by atoms with Crippen molar-refractivity contribution in [1.82, 2.24) is 10.3 Å². The molecule has 1 heterocycles. The maximum atomic E-state index is 4.68. The van der Waals surface area contributed by atoms with Crippen LogP contribution in [0.5, 0.6) is 0 Å². The average molecular weight is 240 g/mol. The van der Waals surface area contributed by atoms with Gasteiger partial charge in [-0.3, -0.25) is 0 Å². The van der Waals surface area contributed by atoms with E-state index in [0.29, 0.717) is 6.04 Å². The molecule has 92 valence electrons. The minimum atomic E-state index is 0.178. The average Bonchev–Trinajstić information content (AvgIpc) is 2.67. The maximum Gasteiger partial charge on any atom is 0.0982 e. The van der Waals surface area contributed by atoms with Crippen LogP contribution in [0.4, 0.5) is 0 Å². The summed E-state index contributed by atoms with van der Waals surface area (Å²) >= 11 is 1.77. The third kappa shape index (κ3) is 3.87. The largest absolute Gasteiger partial charge is 0.308 e. The molecule has 1 N–H and O–H groups in total. The first-order valence-electron chi connectivity index (χ1n) is 6.15. The standard InChI is InChI=1S/C13H24N2S/c1-6-10(7-2)14-8-11-9-16-12(15-11)13(3,4)5/h9-10,14H,6-8H2,1-5H3. The number of thiazole rings is 1. The maximum absolute atomic E-state index is 4.68. The molecule has 3 heteroatoms. The van der Waals surface area contributed by atoms with Gasteiger partial charge in [-0.1, -0.05) is 34.6 Å². The smallest absolute Gasteiger partial charge is 0.0982 e. The second-order valence-electron chi connectivity index (χ2n) is 5.29. The predicted molar refractivity (Wildman–Crippen MR) is 72.0 cm³/mol. The Morgan fingerprint density at radius 3 is 2.38 bits per heavy atom. The number of aromatic nitrogens is 1. The van der Waals surface area contributed by atoms with Crippen molar-refractivity contribution in [2.45, 2.75) is 65.5 Å². The van der Waals surface area contributed by atoms with Gasteiger partial charge in [0.1, 0.15) is 0 Å². The summed E-state index contributed by atoms with van der Waals surface area (Å²) in [6, 6.07) is 0.625. The topological polar surface area (TPSA) is 24.9 Å². The van der Waals surface area contributed by atoms with Crippen LogP contribution in [0.1, 0.15) is 58.2 Å². The third-order valence-corrected chi connectivity index (χ3v) is 4.07. The van der Waals surface area contributed by atoms with Crippen LogP contribution in [0, 0.1) is 0 Å². The van der Waals surface area contributed by atoms with Crippen LogP contribution < -0.4 is 5.32 Å². The summed E-state index contributed by atoms with van der Waals surface area (Å²) in [5, 5.41) is 6.95. The molecule has 0 atom stereocenters. The SMILES string of the molecule is CCC(CC)NCc1csc(C(C)(C)C)n1. The normalized spacial score (nSPS) is 12.4. The number of rotatable bonds is 5. The minimum Gasteiger partial charge on any atom is -0.308 e. The zero-order chi connectivity index (χ0) is 12.2. The molecule has 0 unspecified atom stereocenters. The zero-order valence-corrected chi connectivity index (χ0v) is 11.9. The molecule has 1 aromatic heterocycles. The molecule has 16 heavy (non-hydrogen) atoms. The summed E-state index contributed by atoms with van der Waals surface area (Å²) in [5.41, 5.74) is 1.36. The van der Waals surface area contributed by atoms with Crippen LogP contribution in [-0.2, 0) is 12.0 Å². The molecule has 1 rings (SSSR count). The Hall–Kier alpha value is -0.410. The molecule has 0 aliphatic heterocycles. The molecule has 0 spiro atoms. The van der Waals surface area contributed by atoms with Gasteiger partial charge in [0, 0.05) is 23.4 Å². The van der Waals surface area contributed by atoms with Gasteiger partial charge < -0.3 is 5.32 Å². The second-order valence-corrected chi connectivity index (χ2v) is 6.15. The molecule has 0 saturated heterocycles. The van der Waals surface area contributed by atoms with Gasteiger partial charge in [0.15, 0.2) is 0 Å². The van der Waals surface area contributed by atoms with Gasteiger partial charge in [0.2, 0.25) is 0 Å². The predicted octanol–water partition coefficient (Wildman–Crippen LogP) is 3.72. The first-order valence-corrected chi connectivity index (χ1v) is 7.03. The monoisotopic (exact) mass is 240 g/mol. The molecular formula is C13H24N2S. The van der Waals surface area contributed by atoms with Crippen molar-refractivity contribution in [3.63, 3.8) is 0 Å². The number of nitrogens with one attached hydrogen (secondary N) is 1. The lowest BCUT2D eigenvalue weighted by atomic mass is 9.98. The summed E-state index contributed by atoms with van der Waals surface area (Å²) in [7, 11) is 0. The van der Waals surface area contributed by atoms with Crippen LogP contribution in [-0.4, -0.2) is 11.0 Å². The molecule has 0 bridgehead atoms. The van der Waals surface area contributed by atoms with Crippen LogP contribution in [0.25, 0.3) is 0 Å². The fourth-order valence-electron chi connectivity index (χ4n) is 1.56. The molecule has 0 fully saturated rings. The van der Waals surface area contributed by atoms with E-state index < -0.39 is 0 Å². The van der Waals surface area contributed by atoms with E-state index in [9.17, 15) is 0 Å². The summed E-state index contributed by atoms with van der Waals surface area (Å²) in [6.45, 7) is 12.0. The number of hydrogen-bond acceptors (Lipinski definition) is 3. The Morgan fingerprint density at radius 1 is 1.31 bits per heavy atom. The zero-order valence-electron chi connectivity index (χ0n) is 11.1. The molecule has 2 nitrogen and oxygen atoms in total. The highest BCUT2D eigenvalue weighted by molar-refractivity contribution is 7.09. The Bertz CT molecular complexity index is 308. The Labute approximate surface area is 103 Å². The molecule has 0 aliphatic carbocycles. The van der Waals surface area contributed by atoms with Crippen LogP contribution in [0.2, 0.25) is 0 Å². The molecule has 1 aromatic rings. The van der Waals surface area contributed by atoms with E-state index >= 15 is 0 Å². The number of hydrogen-bond donors (Lipinski definition) is 1. The van der Waals surface area contributed by atoms with Gasteiger partial charge in [0.05, 0.1) is 10.7 Å². The Morgan fingerprint density at radius 2 is 1.94 bits per heavy atom. The minimum absolute atomic E-state index is 0.178. The van der Waals surface area contributed by atoms with Crippen molar-refractivity contribution in [3.05, 3.63) is 16.1 Å². The van der Waals surface area contributed by atoms with Crippen molar-refractivity contribution in [2.24, 2.45) is 0 Å².